The molecule has 1 rings (SSSR count). The summed E-state index contributed by atoms with van der Waals surface area (Å²) >= 11 is 0. The third-order valence-electron chi connectivity index (χ3n) is 3.23. The van der Waals surface area contributed by atoms with E-state index in [1.54, 1.807) is 6.08 Å². The van der Waals surface area contributed by atoms with E-state index in [0.29, 0.717) is 29.9 Å². The van der Waals surface area contributed by atoms with Gasteiger partial charge in [-0.1, -0.05) is 33.8 Å². The normalized spacial score (nSPS) is 11.4. The second-order valence-electron chi connectivity index (χ2n) is 6.59. The van der Waals surface area contributed by atoms with E-state index in [1.165, 1.54) is 0 Å². The van der Waals surface area contributed by atoms with E-state index in [2.05, 4.69) is 27.7 Å². The summed E-state index contributed by atoms with van der Waals surface area (Å²) in [6, 6.07) is 5.56. The Morgan fingerprint density at radius 3 is 2.30 bits per heavy atom. The average Bonchev–Trinajstić information content (AvgIpc) is 2.45. The van der Waals surface area contributed by atoms with Crippen LogP contribution < -0.4 is 10.5 Å². The van der Waals surface area contributed by atoms with Crippen LogP contribution in [0, 0.1) is 11.8 Å². The van der Waals surface area contributed by atoms with Gasteiger partial charge in [0.2, 0.25) is 5.91 Å². The number of carbonyl (C=O) groups is 1. The lowest BCUT2D eigenvalue weighted by Crippen LogP contribution is -2.35. The Labute approximate surface area is 140 Å². The number of amides is 1. The molecule has 0 atom stereocenters. The van der Waals surface area contributed by atoms with Crippen molar-refractivity contribution in [3.8, 4) is 5.75 Å². The summed E-state index contributed by atoms with van der Waals surface area (Å²) < 4.78 is 5.42. The largest absolute Gasteiger partial charge is 0.492 e. The van der Waals surface area contributed by atoms with E-state index in [0.717, 1.165) is 18.7 Å². The van der Waals surface area contributed by atoms with Gasteiger partial charge >= 0.3 is 0 Å². The molecule has 0 aliphatic rings. The molecule has 2 N–H and O–H groups in total. The van der Waals surface area contributed by atoms with Gasteiger partial charge in [0.05, 0.1) is 12.3 Å². The van der Waals surface area contributed by atoms with Gasteiger partial charge in [-0.2, -0.15) is 0 Å². The van der Waals surface area contributed by atoms with Crippen LogP contribution in [-0.2, 0) is 4.79 Å². The SMILES string of the molecule is CCOc1ccc(/C=C\C(=O)N(CC(C)C)CC(C)C)cc1N. The van der Waals surface area contributed by atoms with Crippen molar-refractivity contribution >= 4 is 17.7 Å². The number of anilines is 1. The van der Waals surface area contributed by atoms with E-state index in [1.807, 2.05) is 36.1 Å². The molecular formula is C19H30N2O2. The second-order valence-corrected chi connectivity index (χ2v) is 6.59. The number of nitrogens with zero attached hydrogens (tertiary/aromatic N) is 1. The number of ether oxygens (including phenoxy) is 1. The highest BCUT2D eigenvalue weighted by Gasteiger charge is 2.13. The number of nitrogen functional groups attached to an aromatic ring is 1. The van der Waals surface area contributed by atoms with Gasteiger partial charge in [-0.3, -0.25) is 4.79 Å². The first-order valence-electron chi connectivity index (χ1n) is 8.32. The summed E-state index contributed by atoms with van der Waals surface area (Å²) in [5.74, 6) is 1.62. The van der Waals surface area contributed by atoms with Crippen molar-refractivity contribution in [3.63, 3.8) is 0 Å². The van der Waals surface area contributed by atoms with E-state index in [4.69, 9.17) is 10.5 Å². The van der Waals surface area contributed by atoms with Gasteiger partial charge in [-0.25, -0.2) is 0 Å². The first-order chi connectivity index (χ1) is 10.8. The lowest BCUT2D eigenvalue weighted by Gasteiger charge is -2.25. The molecule has 0 saturated heterocycles. The number of nitrogens with two attached hydrogens (primary N) is 1. The number of hydrogen-bond acceptors (Lipinski definition) is 3. The van der Waals surface area contributed by atoms with Crippen LogP contribution in [0.5, 0.6) is 5.75 Å². The highest BCUT2D eigenvalue weighted by molar-refractivity contribution is 5.92. The molecule has 0 radical (unpaired) electrons. The van der Waals surface area contributed by atoms with Gasteiger partial charge in [0, 0.05) is 19.2 Å². The summed E-state index contributed by atoms with van der Waals surface area (Å²) in [5.41, 5.74) is 7.43. The Bertz CT molecular complexity index is 526. The molecular weight excluding hydrogens is 288 g/mol. The molecule has 0 aliphatic heterocycles. The van der Waals surface area contributed by atoms with Gasteiger partial charge in [-0.15, -0.1) is 0 Å². The molecule has 1 aromatic carbocycles. The van der Waals surface area contributed by atoms with Crippen LogP contribution in [0.1, 0.15) is 40.2 Å². The smallest absolute Gasteiger partial charge is 0.246 e. The first kappa shape index (κ1) is 19.1. The van der Waals surface area contributed by atoms with E-state index in [9.17, 15) is 4.79 Å². The van der Waals surface area contributed by atoms with Gasteiger partial charge in [-0.05, 0) is 42.5 Å². The van der Waals surface area contributed by atoms with Crippen LogP contribution in [0.2, 0.25) is 0 Å². The summed E-state index contributed by atoms with van der Waals surface area (Å²) in [7, 11) is 0. The molecule has 4 heteroatoms. The van der Waals surface area contributed by atoms with Crippen LogP contribution in [0.4, 0.5) is 5.69 Å². The summed E-state index contributed by atoms with van der Waals surface area (Å²) in [6.45, 7) is 12.5. The van der Waals surface area contributed by atoms with Crippen molar-refractivity contribution in [2.75, 3.05) is 25.4 Å². The Hall–Kier alpha value is -1.97. The monoisotopic (exact) mass is 318 g/mol. The van der Waals surface area contributed by atoms with E-state index >= 15 is 0 Å². The Kier molecular flexibility index (Phi) is 7.66. The van der Waals surface area contributed by atoms with Crippen molar-refractivity contribution in [3.05, 3.63) is 29.8 Å². The molecule has 0 unspecified atom stereocenters. The Morgan fingerprint density at radius 1 is 1.22 bits per heavy atom. The zero-order valence-electron chi connectivity index (χ0n) is 15.0. The lowest BCUT2D eigenvalue weighted by molar-refractivity contribution is -0.127. The molecule has 0 aromatic heterocycles. The molecule has 1 aromatic rings. The molecule has 0 fully saturated rings. The molecule has 0 aliphatic carbocycles. The fourth-order valence-electron chi connectivity index (χ4n) is 2.37. The highest BCUT2D eigenvalue weighted by Crippen LogP contribution is 2.23. The van der Waals surface area contributed by atoms with Gasteiger partial charge < -0.3 is 15.4 Å². The minimum absolute atomic E-state index is 0.0415. The van der Waals surface area contributed by atoms with Crippen LogP contribution in [-0.4, -0.2) is 30.5 Å². The number of carbonyl (C=O) groups excluding carboxylic acids is 1. The number of hydrogen-bond donors (Lipinski definition) is 1. The fraction of sp³-hybridized carbons (Fsp3) is 0.526. The highest BCUT2D eigenvalue weighted by atomic mass is 16.5. The average molecular weight is 318 g/mol. The van der Waals surface area contributed by atoms with E-state index < -0.39 is 0 Å². The zero-order valence-corrected chi connectivity index (χ0v) is 15.0. The van der Waals surface area contributed by atoms with Gasteiger partial charge in [0.15, 0.2) is 0 Å². The fourth-order valence-corrected chi connectivity index (χ4v) is 2.37. The topological polar surface area (TPSA) is 55.6 Å². The van der Waals surface area contributed by atoms with Crippen molar-refractivity contribution in [1.82, 2.24) is 4.90 Å². The summed E-state index contributed by atoms with van der Waals surface area (Å²) in [5, 5.41) is 0. The van der Waals surface area contributed by atoms with Crippen molar-refractivity contribution < 1.29 is 9.53 Å². The van der Waals surface area contributed by atoms with Crippen LogP contribution in [0.15, 0.2) is 24.3 Å². The predicted octanol–water partition coefficient (Wildman–Crippen LogP) is 3.82. The summed E-state index contributed by atoms with van der Waals surface area (Å²) in [6.07, 6.45) is 3.43. The molecule has 0 heterocycles. The second kappa shape index (κ2) is 9.23. The molecule has 1 amide bonds. The number of rotatable bonds is 8. The third kappa shape index (κ3) is 6.76. The van der Waals surface area contributed by atoms with Crippen molar-refractivity contribution in [1.29, 1.82) is 0 Å². The standard InChI is InChI=1S/C19H30N2O2/c1-6-23-18-9-7-16(11-17(18)20)8-10-19(22)21(12-14(2)3)13-15(4)5/h7-11,14-15H,6,12-13,20H2,1-5H3/b10-8-. The van der Waals surface area contributed by atoms with Crippen molar-refractivity contribution in [2.24, 2.45) is 11.8 Å². The maximum Gasteiger partial charge on any atom is 0.246 e. The lowest BCUT2D eigenvalue weighted by atomic mass is 10.1. The van der Waals surface area contributed by atoms with Crippen molar-refractivity contribution in [2.45, 2.75) is 34.6 Å². The molecule has 4 nitrogen and oxygen atoms in total. The first-order valence-corrected chi connectivity index (χ1v) is 8.32. The molecule has 23 heavy (non-hydrogen) atoms. The molecule has 128 valence electrons. The molecule has 0 bridgehead atoms. The maximum absolute atomic E-state index is 12.4. The minimum Gasteiger partial charge on any atom is -0.492 e. The Morgan fingerprint density at radius 2 is 1.83 bits per heavy atom. The van der Waals surface area contributed by atoms with E-state index in [-0.39, 0.29) is 5.91 Å². The quantitative estimate of drug-likeness (QED) is 0.585. The van der Waals surface area contributed by atoms with Gasteiger partial charge in [0.1, 0.15) is 5.75 Å². The van der Waals surface area contributed by atoms with Gasteiger partial charge in [0.25, 0.3) is 0 Å². The Balaban J connectivity index is 2.80. The number of benzene rings is 1. The zero-order chi connectivity index (χ0) is 17.4. The maximum atomic E-state index is 12.4. The molecule has 0 saturated carbocycles. The minimum atomic E-state index is 0.0415. The third-order valence-corrected chi connectivity index (χ3v) is 3.23. The summed E-state index contributed by atoms with van der Waals surface area (Å²) in [4.78, 5) is 14.3. The van der Waals surface area contributed by atoms with Crippen LogP contribution >= 0.6 is 0 Å². The predicted molar refractivity (Wildman–Crippen MR) is 97.3 cm³/mol. The van der Waals surface area contributed by atoms with Crippen LogP contribution in [0.3, 0.4) is 0 Å². The molecule has 0 spiro atoms. The van der Waals surface area contributed by atoms with Crippen LogP contribution in [0.25, 0.3) is 6.08 Å².